The number of quaternary nitrogens is 1. The number of hydrogen-bond donors (Lipinski definition) is 0. The molecule has 2 unspecified atom stereocenters. The second-order valence-electron chi connectivity index (χ2n) is 19.4. The highest BCUT2D eigenvalue weighted by molar-refractivity contribution is 5.70. The van der Waals surface area contributed by atoms with Gasteiger partial charge in [0.05, 0.1) is 40.3 Å². The minimum Gasteiger partial charge on any atom is -0.544 e. The number of rotatable bonds is 49. The molecular formula is C56H103NO7. The highest BCUT2D eigenvalue weighted by atomic mass is 16.6. The Labute approximate surface area is 395 Å². The second kappa shape index (κ2) is 47.1. The zero-order valence-electron chi connectivity index (χ0n) is 42.7. The van der Waals surface area contributed by atoms with Gasteiger partial charge in [0.15, 0.2) is 6.10 Å². The molecule has 0 rings (SSSR count). The lowest BCUT2D eigenvalue weighted by Gasteiger charge is -2.34. The number of aliphatic carboxylic acids is 1. The van der Waals surface area contributed by atoms with E-state index in [-0.39, 0.29) is 42.7 Å². The van der Waals surface area contributed by atoms with Gasteiger partial charge in [-0.2, -0.15) is 0 Å². The van der Waals surface area contributed by atoms with Crippen molar-refractivity contribution in [2.45, 2.75) is 264 Å². The molecule has 0 aliphatic heterocycles. The highest BCUT2D eigenvalue weighted by Crippen LogP contribution is 2.17. The number of unbranched alkanes of at least 4 members (excludes halogenated alkanes) is 29. The first-order valence-electron chi connectivity index (χ1n) is 27.0. The van der Waals surface area contributed by atoms with Crippen LogP contribution in [0.2, 0.25) is 0 Å². The van der Waals surface area contributed by atoms with Crippen LogP contribution in [0, 0.1) is 0 Å². The van der Waals surface area contributed by atoms with E-state index in [1.165, 1.54) is 161 Å². The van der Waals surface area contributed by atoms with Gasteiger partial charge < -0.3 is 28.6 Å². The van der Waals surface area contributed by atoms with Crippen LogP contribution >= 0.6 is 0 Å². The van der Waals surface area contributed by atoms with Gasteiger partial charge in [0.2, 0.25) is 0 Å². The van der Waals surface area contributed by atoms with Gasteiger partial charge >= 0.3 is 11.9 Å². The molecule has 0 radical (unpaired) electrons. The summed E-state index contributed by atoms with van der Waals surface area (Å²) in [6.07, 6.45) is 56.0. The predicted molar refractivity (Wildman–Crippen MR) is 268 cm³/mol. The van der Waals surface area contributed by atoms with E-state index in [0.29, 0.717) is 12.8 Å². The van der Waals surface area contributed by atoms with Crippen molar-refractivity contribution in [1.29, 1.82) is 0 Å². The summed E-state index contributed by atoms with van der Waals surface area (Å²) in [4.78, 5) is 37.1. The largest absolute Gasteiger partial charge is 0.544 e. The molecule has 0 aliphatic carbocycles. The minimum absolute atomic E-state index is 0.0439. The number of ether oxygens (including phenoxy) is 3. The van der Waals surface area contributed by atoms with Crippen molar-refractivity contribution in [2.75, 3.05) is 41.0 Å². The Bertz CT molecular complexity index is 1140. The number of hydrogen-bond acceptors (Lipinski definition) is 7. The number of carboxylic acids is 1. The molecule has 8 heteroatoms. The molecule has 0 saturated heterocycles. The maximum atomic E-state index is 12.8. The topological polar surface area (TPSA) is 102 Å². The van der Waals surface area contributed by atoms with Gasteiger partial charge in [-0.15, -0.1) is 0 Å². The summed E-state index contributed by atoms with van der Waals surface area (Å²) in [5.74, 6) is -1.72. The molecule has 374 valence electrons. The first-order valence-corrected chi connectivity index (χ1v) is 27.0. The summed E-state index contributed by atoms with van der Waals surface area (Å²) in [5.41, 5.74) is 0. The van der Waals surface area contributed by atoms with Crippen molar-refractivity contribution in [3.63, 3.8) is 0 Å². The summed E-state index contributed by atoms with van der Waals surface area (Å²) in [6.45, 7) is 4.60. The van der Waals surface area contributed by atoms with Gasteiger partial charge in [0.25, 0.3) is 0 Å². The van der Waals surface area contributed by atoms with Gasteiger partial charge in [-0.05, 0) is 44.9 Å². The molecule has 64 heavy (non-hydrogen) atoms. The average molecular weight is 902 g/mol. The van der Waals surface area contributed by atoms with Crippen LogP contribution in [0.4, 0.5) is 0 Å². The zero-order chi connectivity index (χ0) is 47.0. The van der Waals surface area contributed by atoms with E-state index in [9.17, 15) is 19.5 Å². The normalized spacial score (nSPS) is 13.1. The van der Waals surface area contributed by atoms with Crippen molar-refractivity contribution in [1.82, 2.24) is 0 Å². The maximum absolute atomic E-state index is 12.8. The number of esters is 2. The van der Waals surface area contributed by atoms with Crippen LogP contribution in [0.1, 0.15) is 251 Å². The van der Waals surface area contributed by atoms with E-state index in [4.69, 9.17) is 14.2 Å². The Kier molecular flexibility index (Phi) is 45.3. The lowest BCUT2D eigenvalue weighted by atomic mass is 10.0. The highest BCUT2D eigenvalue weighted by Gasteiger charge is 2.25. The molecule has 0 fully saturated rings. The van der Waals surface area contributed by atoms with E-state index < -0.39 is 18.1 Å². The Morgan fingerprint density at radius 3 is 1.30 bits per heavy atom. The van der Waals surface area contributed by atoms with Gasteiger partial charge in [-0.3, -0.25) is 9.59 Å². The van der Waals surface area contributed by atoms with Crippen LogP contribution < -0.4 is 5.11 Å². The Hall–Kier alpha value is -2.45. The molecule has 0 aliphatic rings. The van der Waals surface area contributed by atoms with Crippen molar-refractivity contribution < 1.29 is 38.2 Å². The molecule has 0 N–H and O–H groups in total. The van der Waals surface area contributed by atoms with E-state index in [1.54, 1.807) is 0 Å². The van der Waals surface area contributed by atoms with E-state index in [0.717, 1.165) is 57.8 Å². The van der Waals surface area contributed by atoms with Crippen molar-refractivity contribution >= 4 is 17.9 Å². The van der Waals surface area contributed by atoms with E-state index in [1.807, 2.05) is 21.1 Å². The molecule has 0 bridgehead atoms. The number of likely N-dealkylation sites (N-methyl/N-ethyl adjacent to an activating group) is 1. The Balaban J connectivity index is 4.18. The number of nitrogens with zero attached hydrogens (tertiary/aromatic N) is 1. The first kappa shape index (κ1) is 61.5. The molecule has 0 heterocycles. The van der Waals surface area contributed by atoms with Crippen LogP contribution in [0.25, 0.3) is 0 Å². The van der Waals surface area contributed by atoms with Gasteiger partial charge in [0.1, 0.15) is 12.6 Å². The predicted octanol–water partition coefficient (Wildman–Crippen LogP) is 14.4. The first-order chi connectivity index (χ1) is 31.1. The summed E-state index contributed by atoms with van der Waals surface area (Å²) in [7, 11) is 5.43. The van der Waals surface area contributed by atoms with Gasteiger partial charge in [0, 0.05) is 19.3 Å². The average Bonchev–Trinajstić information content (AvgIpc) is 3.26. The molecule has 0 spiro atoms. The number of carbonyl (C=O) groups excluding carboxylic acids is 3. The molecule has 0 aromatic carbocycles. The SMILES string of the molecule is CC/C=C/C/C=C/C/C=C/CCCCCCCCCCCCCC(=O)OCC(COCCC(C(=O)[O-])[N+](C)(C)C)OC(=O)CCCCCCCCCCCCCCCCCCCCC. The maximum Gasteiger partial charge on any atom is 0.306 e. The molecule has 2 atom stereocenters. The Morgan fingerprint density at radius 1 is 0.484 bits per heavy atom. The Morgan fingerprint density at radius 2 is 0.875 bits per heavy atom. The fourth-order valence-electron chi connectivity index (χ4n) is 8.15. The third-order valence-electron chi connectivity index (χ3n) is 12.3. The summed E-state index contributed by atoms with van der Waals surface area (Å²) in [6, 6.07) is -0.725. The molecule has 0 amide bonds. The van der Waals surface area contributed by atoms with Crippen LogP contribution in [0.15, 0.2) is 36.5 Å². The summed E-state index contributed by atoms with van der Waals surface area (Å²) >= 11 is 0. The molecular weight excluding hydrogens is 799 g/mol. The van der Waals surface area contributed by atoms with Crippen molar-refractivity contribution in [3.05, 3.63) is 36.5 Å². The summed E-state index contributed by atoms with van der Waals surface area (Å²) in [5, 5.41) is 11.7. The lowest BCUT2D eigenvalue weighted by molar-refractivity contribution is -0.889. The van der Waals surface area contributed by atoms with Crippen LogP contribution in [0.3, 0.4) is 0 Å². The quantitative estimate of drug-likeness (QED) is 0.0259. The number of carboxylic acid groups (broad SMARTS) is 1. The molecule has 0 aromatic heterocycles. The lowest BCUT2D eigenvalue weighted by Crippen LogP contribution is -2.55. The smallest absolute Gasteiger partial charge is 0.306 e. The van der Waals surface area contributed by atoms with Gasteiger partial charge in [-0.1, -0.05) is 224 Å². The molecule has 8 nitrogen and oxygen atoms in total. The van der Waals surface area contributed by atoms with E-state index >= 15 is 0 Å². The fraction of sp³-hybridized carbons (Fsp3) is 0.839. The fourth-order valence-corrected chi connectivity index (χ4v) is 8.15. The number of allylic oxidation sites excluding steroid dienone is 6. The molecule has 0 saturated carbocycles. The molecule has 0 aromatic rings. The standard InChI is InChI=1S/C56H103NO7/c1-6-8-10-12-14-16-18-20-22-24-26-27-29-30-32-34-36-38-40-42-44-46-54(58)63-51-52(50-62-49-48-53(56(60)61)57(3,4)5)64-55(59)47-45-43-41-39-37-35-33-31-28-25-23-21-19-17-15-13-11-9-7-2/h8,10,14,16,20,22,52-53H,6-7,9,11-13,15,17-19,21,23-51H2,1-5H3/b10-8+,16-14+,22-20+. The van der Waals surface area contributed by atoms with Crippen molar-refractivity contribution in [2.24, 2.45) is 0 Å². The summed E-state index contributed by atoms with van der Waals surface area (Å²) < 4.78 is 17.3. The van der Waals surface area contributed by atoms with E-state index in [2.05, 4.69) is 50.3 Å². The third-order valence-corrected chi connectivity index (χ3v) is 12.3. The number of carbonyl (C=O) groups is 3. The second-order valence-corrected chi connectivity index (χ2v) is 19.4. The van der Waals surface area contributed by atoms with Crippen LogP contribution in [0.5, 0.6) is 0 Å². The van der Waals surface area contributed by atoms with Gasteiger partial charge in [-0.25, -0.2) is 0 Å². The monoisotopic (exact) mass is 902 g/mol. The zero-order valence-corrected chi connectivity index (χ0v) is 42.7. The van der Waals surface area contributed by atoms with Crippen LogP contribution in [-0.2, 0) is 28.6 Å². The third kappa shape index (κ3) is 44.7. The minimum atomic E-state index is -1.12. The van der Waals surface area contributed by atoms with Crippen LogP contribution in [-0.4, -0.2) is 75.5 Å². The van der Waals surface area contributed by atoms with Crippen molar-refractivity contribution in [3.8, 4) is 0 Å².